The molecule has 0 saturated heterocycles. The number of hydrogen-bond donors (Lipinski definition) is 0. The fourth-order valence-electron chi connectivity index (χ4n) is 2.55. The summed E-state index contributed by atoms with van der Waals surface area (Å²) in [5.41, 5.74) is 0.988. The largest absolute Gasteiger partial charge is 0.288 e. The third-order valence-electron chi connectivity index (χ3n) is 3.98. The van der Waals surface area contributed by atoms with Gasteiger partial charge in [-0.05, 0) is 36.5 Å². The highest BCUT2D eigenvalue weighted by Gasteiger charge is 2.22. The van der Waals surface area contributed by atoms with Gasteiger partial charge in [-0.2, -0.15) is 0 Å². The van der Waals surface area contributed by atoms with Crippen LogP contribution >= 0.6 is 15.9 Å². The summed E-state index contributed by atoms with van der Waals surface area (Å²) in [6.07, 6.45) is 3.58. The van der Waals surface area contributed by atoms with E-state index >= 15 is 0 Å². The van der Waals surface area contributed by atoms with Crippen LogP contribution in [0.15, 0.2) is 40.9 Å². The van der Waals surface area contributed by atoms with Gasteiger partial charge >= 0.3 is 0 Å². The lowest BCUT2D eigenvalue weighted by Gasteiger charge is -2.25. The van der Waals surface area contributed by atoms with Crippen molar-refractivity contribution in [3.05, 3.63) is 69.2 Å². The molecule has 1 aliphatic carbocycles. The molecule has 1 fully saturated rings. The van der Waals surface area contributed by atoms with Crippen LogP contribution < -0.4 is 0 Å². The van der Waals surface area contributed by atoms with Crippen molar-refractivity contribution in [3.8, 4) is 0 Å². The van der Waals surface area contributed by atoms with E-state index in [0.717, 1.165) is 12.1 Å². The van der Waals surface area contributed by atoms with Gasteiger partial charge in [0.05, 0.1) is 5.56 Å². The van der Waals surface area contributed by atoms with E-state index in [4.69, 9.17) is 0 Å². The fraction of sp³-hybridized carbons (Fsp3) is 0.235. The number of halogens is 3. The molecule has 0 heterocycles. The second kappa shape index (κ2) is 5.68. The van der Waals surface area contributed by atoms with Crippen molar-refractivity contribution in [2.45, 2.75) is 25.2 Å². The quantitative estimate of drug-likeness (QED) is 0.693. The first kappa shape index (κ1) is 14.4. The topological polar surface area (TPSA) is 17.1 Å². The minimum atomic E-state index is -0.852. The molecule has 0 atom stereocenters. The van der Waals surface area contributed by atoms with E-state index in [1.165, 1.54) is 24.8 Å². The van der Waals surface area contributed by atoms with E-state index in [9.17, 15) is 13.6 Å². The molecule has 2 aromatic carbocycles. The summed E-state index contributed by atoms with van der Waals surface area (Å²) >= 11 is 3.00. The Morgan fingerprint density at radius 1 is 1.05 bits per heavy atom. The molecule has 0 radical (unpaired) electrons. The number of rotatable bonds is 3. The summed E-state index contributed by atoms with van der Waals surface area (Å²) in [5.74, 6) is -1.77. The first-order valence-corrected chi connectivity index (χ1v) is 7.65. The van der Waals surface area contributed by atoms with Crippen molar-refractivity contribution in [2.75, 3.05) is 0 Å². The van der Waals surface area contributed by atoms with E-state index in [2.05, 4.69) is 15.9 Å². The van der Waals surface area contributed by atoms with E-state index in [1.807, 2.05) is 12.1 Å². The lowest BCUT2D eigenvalue weighted by Crippen LogP contribution is -2.10. The standard InChI is InChI=1S/C17H13BrF2O/c18-13-8-14(19)16(15(20)9-13)17(21)12-6-4-11(5-7-12)10-2-1-3-10/h4-10H,1-3H2. The molecule has 0 aromatic heterocycles. The van der Waals surface area contributed by atoms with Crippen molar-refractivity contribution in [1.29, 1.82) is 0 Å². The van der Waals surface area contributed by atoms with Gasteiger partial charge < -0.3 is 0 Å². The molecular weight excluding hydrogens is 338 g/mol. The van der Waals surface area contributed by atoms with Crippen molar-refractivity contribution in [3.63, 3.8) is 0 Å². The number of carbonyl (C=O) groups excluding carboxylic acids is 1. The van der Waals surface area contributed by atoms with Crippen LogP contribution in [0.4, 0.5) is 8.78 Å². The van der Waals surface area contributed by atoms with Gasteiger partial charge in [-0.25, -0.2) is 8.78 Å². The van der Waals surface area contributed by atoms with E-state index < -0.39 is 23.0 Å². The monoisotopic (exact) mass is 350 g/mol. The van der Waals surface area contributed by atoms with Crippen molar-refractivity contribution in [1.82, 2.24) is 0 Å². The van der Waals surface area contributed by atoms with Crippen molar-refractivity contribution < 1.29 is 13.6 Å². The van der Waals surface area contributed by atoms with E-state index in [0.29, 0.717) is 11.5 Å². The van der Waals surface area contributed by atoms with Crippen LogP contribution in [0.5, 0.6) is 0 Å². The highest BCUT2D eigenvalue weighted by atomic mass is 79.9. The molecule has 1 nitrogen and oxygen atoms in total. The summed E-state index contributed by atoms with van der Waals surface area (Å²) in [5, 5.41) is 0. The first-order valence-electron chi connectivity index (χ1n) is 6.85. The van der Waals surface area contributed by atoms with Crippen LogP contribution in [0, 0.1) is 11.6 Å². The molecule has 0 bridgehead atoms. The third kappa shape index (κ3) is 2.77. The fourth-order valence-corrected chi connectivity index (χ4v) is 2.95. The van der Waals surface area contributed by atoms with Crippen LogP contribution in [-0.2, 0) is 0 Å². The van der Waals surface area contributed by atoms with Gasteiger partial charge in [-0.1, -0.05) is 46.6 Å². The second-order valence-corrected chi connectivity index (χ2v) is 6.24. The summed E-state index contributed by atoms with van der Waals surface area (Å²) in [6, 6.07) is 9.25. The molecule has 0 spiro atoms. The van der Waals surface area contributed by atoms with Gasteiger partial charge in [-0.3, -0.25) is 4.79 Å². The van der Waals surface area contributed by atoms with Gasteiger partial charge in [0.25, 0.3) is 0 Å². The Labute approximate surface area is 130 Å². The zero-order valence-corrected chi connectivity index (χ0v) is 12.8. The van der Waals surface area contributed by atoms with Crippen LogP contribution in [0.25, 0.3) is 0 Å². The Morgan fingerprint density at radius 2 is 1.62 bits per heavy atom. The zero-order valence-electron chi connectivity index (χ0n) is 11.2. The Hall–Kier alpha value is -1.55. The first-order chi connectivity index (χ1) is 10.1. The van der Waals surface area contributed by atoms with E-state index in [1.54, 1.807) is 12.1 Å². The normalized spacial score (nSPS) is 14.8. The lowest BCUT2D eigenvalue weighted by molar-refractivity contribution is 0.103. The molecule has 1 saturated carbocycles. The molecule has 0 N–H and O–H groups in total. The Bertz CT molecular complexity index is 667. The van der Waals surface area contributed by atoms with Crippen LogP contribution in [-0.4, -0.2) is 5.78 Å². The molecule has 0 aliphatic heterocycles. The molecule has 1 aliphatic rings. The lowest BCUT2D eigenvalue weighted by atomic mass is 9.80. The minimum Gasteiger partial charge on any atom is -0.288 e. The smallest absolute Gasteiger partial charge is 0.198 e. The maximum absolute atomic E-state index is 13.8. The molecule has 4 heteroatoms. The van der Waals surface area contributed by atoms with Gasteiger partial charge in [0, 0.05) is 10.0 Å². The number of ketones is 1. The third-order valence-corrected chi connectivity index (χ3v) is 4.44. The number of hydrogen-bond acceptors (Lipinski definition) is 1. The van der Waals surface area contributed by atoms with Crippen LogP contribution in [0.1, 0.15) is 46.7 Å². The average Bonchev–Trinajstić information content (AvgIpc) is 2.36. The van der Waals surface area contributed by atoms with Crippen LogP contribution in [0.2, 0.25) is 0 Å². The summed E-state index contributed by atoms with van der Waals surface area (Å²) in [6.45, 7) is 0. The van der Waals surface area contributed by atoms with Crippen molar-refractivity contribution >= 4 is 21.7 Å². The van der Waals surface area contributed by atoms with Gasteiger partial charge in [0.2, 0.25) is 0 Å². The highest BCUT2D eigenvalue weighted by molar-refractivity contribution is 9.10. The van der Waals surface area contributed by atoms with E-state index in [-0.39, 0.29) is 4.47 Å². The minimum absolute atomic E-state index is 0.273. The summed E-state index contributed by atoms with van der Waals surface area (Å²) in [7, 11) is 0. The zero-order chi connectivity index (χ0) is 15.0. The van der Waals surface area contributed by atoms with Crippen molar-refractivity contribution in [2.24, 2.45) is 0 Å². The molecule has 108 valence electrons. The molecule has 3 rings (SSSR count). The van der Waals surface area contributed by atoms with Gasteiger partial charge in [-0.15, -0.1) is 0 Å². The highest BCUT2D eigenvalue weighted by Crippen LogP contribution is 2.36. The molecule has 2 aromatic rings. The SMILES string of the molecule is O=C(c1ccc(C2CCC2)cc1)c1c(F)cc(Br)cc1F. The predicted octanol–water partition coefficient (Wildman–Crippen LogP) is 5.23. The summed E-state index contributed by atoms with van der Waals surface area (Å²) < 4.78 is 27.9. The maximum Gasteiger partial charge on any atom is 0.198 e. The number of benzene rings is 2. The Balaban J connectivity index is 1.91. The van der Waals surface area contributed by atoms with Crippen LogP contribution in [0.3, 0.4) is 0 Å². The molecular formula is C17H13BrF2O. The molecule has 0 unspecified atom stereocenters. The molecule has 21 heavy (non-hydrogen) atoms. The number of carbonyl (C=O) groups is 1. The second-order valence-electron chi connectivity index (χ2n) is 5.32. The predicted molar refractivity (Wildman–Crippen MR) is 80.5 cm³/mol. The molecule has 0 amide bonds. The average molecular weight is 351 g/mol. The Morgan fingerprint density at radius 3 is 2.10 bits per heavy atom. The van der Waals surface area contributed by atoms with Gasteiger partial charge in [0.15, 0.2) is 5.78 Å². The Kier molecular flexibility index (Phi) is 3.89. The maximum atomic E-state index is 13.8. The summed E-state index contributed by atoms with van der Waals surface area (Å²) in [4.78, 5) is 12.3. The van der Waals surface area contributed by atoms with Gasteiger partial charge in [0.1, 0.15) is 11.6 Å².